The van der Waals surface area contributed by atoms with Crippen LogP contribution >= 0.6 is 0 Å². The summed E-state index contributed by atoms with van der Waals surface area (Å²) in [4.78, 5) is 3.89. The fourth-order valence-electron chi connectivity index (χ4n) is 1.28. The lowest BCUT2D eigenvalue weighted by molar-refractivity contribution is 0.377. The van der Waals surface area contributed by atoms with Gasteiger partial charge in [0.05, 0.1) is 6.54 Å². The molecule has 4 nitrogen and oxygen atoms in total. The molecular formula is C10H10N2O2. The first-order valence-corrected chi connectivity index (χ1v) is 4.24. The van der Waals surface area contributed by atoms with Crippen molar-refractivity contribution in [3.63, 3.8) is 0 Å². The second-order valence-electron chi connectivity index (χ2n) is 2.99. The molecule has 0 saturated heterocycles. The first-order valence-electron chi connectivity index (χ1n) is 4.24. The summed E-state index contributed by atoms with van der Waals surface area (Å²) in [5.41, 5.74) is 0.974. The zero-order chi connectivity index (χ0) is 9.97. The predicted molar refractivity (Wildman–Crippen MR) is 51.1 cm³/mol. The Morgan fingerprint density at radius 2 is 1.57 bits per heavy atom. The summed E-state index contributed by atoms with van der Waals surface area (Å²) in [5, 5.41) is 18.8. The molecule has 0 saturated carbocycles. The van der Waals surface area contributed by atoms with Crippen LogP contribution in [-0.2, 0) is 6.54 Å². The van der Waals surface area contributed by atoms with E-state index in [0.717, 1.165) is 5.56 Å². The lowest BCUT2D eigenvalue weighted by Crippen LogP contribution is -1.97. The Hall–Kier alpha value is -1.97. The predicted octanol–water partition coefficient (Wildman–Crippen LogP) is 1.34. The van der Waals surface area contributed by atoms with Crippen LogP contribution in [0.2, 0.25) is 0 Å². The first-order chi connectivity index (χ1) is 6.77. The van der Waals surface area contributed by atoms with Crippen molar-refractivity contribution in [3.05, 3.63) is 42.2 Å². The summed E-state index contributed by atoms with van der Waals surface area (Å²) < 4.78 is 1.41. The number of nitrogens with zero attached hydrogens (tertiary/aromatic N) is 2. The Morgan fingerprint density at radius 1 is 1.00 bits per heavy atom. The molecule has 72 valence electrons. The summed E-state index contributed by atoms with van der Waals surface area (Å²) in [6.45, 7) is 0.438. The SMILES string of the molecule is Oc1ccc(O)n1Cc1ccncc1. The highest BCUT2D eigenvalue weighted by atomic mass is 16.3. The van der Waals surface area contributed by atoms with Gasteiger partial charge in [-0.05, 0) is 17.7 Å². The molecule has 2 aromatic heterocycles. The highest BCUT2D eigenvalue weighted by molar-refractivity contribution is 5.26. The van der Waals surface area contributed by atoms with Gasteiger partial charge in [-0.1, -0.05) is 0 Å². The monoisotopic (exact) mass is 190 g/mol. The molecular weight excluding hydrogens is 180 g/mol. The van der Waals surface area contributed by atoms with Crippen LogP contribution in [0.15, 0.2) is 36.7 Å². The van der Waals surface area contributed by atoms with E-state index in [1.807, 2.05) is 12.1 Å². The highest BCUT2D eigenvalue weighted by Gasteiger charge is 2.05. The third-order valence-electron chi connectivity index (χ3n) is 2.02. The van der Waals surface area contributed by atoms with Gasteiger partial charge in [-0.2, -0.15) is 0 Å². The number of aromatic nitrogens is 2. The van der Waals surface area contributed by atoms with Gasteiger partial charge in [0.2, 0.25) is 0 Å². The Labute approximate surface area is 81.1 Å². The third kappa shape index (κ3) is 1.54. The molecule has 0 bridgehead atoms. The number of aromatic hydroxyl groups is 2. The van der Waals surface area contributed by atoms with Crippen molar-refractivity contribution in [1.29, 1.82) is 0 Å². The van der Waals surface area contributed by atoms with Crippen LogP contribution in [-0.4, -0.2) is 19.8 Å². The Morgan fingerprint density at radius 3 is 2.14 bits per heavy atom. The summed E-state index contributed by atoms with van der Waals surface area (Å²) >= 11 is 0. The van der Waals surface area contributed by atoms with E-state index in [1.54, 1.807) is 12.4 Å². The molecule has 0 spiro atoms. The smallest absolute Gasteiger partial charge is 0.194 e. The van der Waals surface area contributed by atoms with Crippen molar-refractivity contribution in [1.82, 2.24) is 9.55 Å². The van der Waals surface area contributed by atoms with Gasteiger partial charge < -0.3 is 10.2 Å². The largest absolute Gasteiger partial charge is 0.494 e. The minimum absolute atomic E-state index is 0.0549. The maximum Gasteiger partial charge on any atom is 0.194 e. The van der Waals surface area contributed by atoms with Crippen LogP contribution in [0.4, 0.5) is 0 Å². The number of pyridine rings is 1. The summed E-state index contributed by atoms with van der Waals surface area (Å²) in [5.74, 6) is 0.110. The molecule has 0 atom stereocenters. The number of rotatable bonds is 2. The summed E-state index contributed by atoms with van der Waals surface area (Å²) in [6.07, 6.45) is 3.35. The Balaban J connectivity index is 2.27. The molecule has 2 aromatic rings. The lowest BCUT2D eigenvalue weighted by atomic mass is 10.3. The van der Waals surface area contributed by atoms with Crippen molar-refractivity contribution in [2.24, 2.45) is 0 Å². The van der Waals surface area contributed by atoms with Crippen molar-refractivity contribution >= 4 is 0 Å². The summed E-state index contributed by atoms with van der Waals surface area (Å²) in [6, 6.07) is 6.57. The zero-order valence-corrected chi connectivity index (χ0v) is 7.46. The highest BCUT2D eigenvalue weighted by Crippen LogP contribution is 2.21. The fourth-order valence-corrected chi connectivity index (χ4v) is 1.28. The van der Waals surface area contributed by atoms with Crippen molar-refractivity contribution in [2.45, 2.75) is 6.54 Å². The van der Waals surface area contributed by atoms with Crippen LogP contribution in [0.1, 0.15) is 5.56 Å². The van der Waals surface area contributed by atoms with Gasteiger partial charge in [0.1, 0.15) is 0 Å². The molecule has 2 N–H and O–H groups in total. The molecule has 0 fully saturated rings. The second-order valence-corrected chi connectivity index (χ2v) is 2.99. The van der Waals surface area contributed by atoms with E-state index in [1.165, 1.54) is 16.7 Å². The summed E-state index contributed by atoms with van der Waals surface area (Å²) in [7, 11) is 0. The van der Waals surface area contributed by atoms with Crippen molar-refractivity contribution in [2.75, 3.05) is 0 Å². The zero-order valence-electron chi connectivity index (χ0n) is 7.46. The number of hydrogen-bond donors (Lipinski definition) is 2. The quantitative estimate of drug-likeness (QED) is 0.751. The lowest BCUT2D eigenvalue weighted by Gasteiger charge is -2.05. The van der Waals surface area contributed by atoms with Gasteiger partial charge in [-0.15, -0.1) is 0 Å². The van der Waals surface area contributed by atoms with Crippen LogP contribution in [0.5, 0.6) is 11.8 Å². The Kier molecular flexibility index (Phi) is 2.10. The minimum atomic E-state index is 0.0549. The maximum atomic E-state index is 9.38. The average Bonchev–Trinajstić information content (AvgIpc) is 2.51. The molecule has 2 rings (SSSR count). The van der Waals surface area contributed by atoms with Gasteiger partial charge >= 0.3 is 0 Å². The van der Waals surface area contributed by atoms with Crippen molar-refractivity contribution < 1.29 is 10.2 Å². The van der Waals surface area contributed by atoms with Gasteiger partial charge in [-0.3, -0.25) is 9.55 Å². The fraction of sp³-hybridized carbons (Fsp3) is 0.100. The Bertz CT molecular complexity index is 403. The van der Waals surface area contributed by atoms with Crippen LogP contribution in [0.3, 0.4) is 0 Å². The molecule has 0 aliphatic rings. The molecule has 0 amide bonds. The van der Waals surface area contributed by atoms with E-state index in [0.29, 0.717) is 6.54 Å². The normalized spacial score (nSPS) is 10.3. The molecule has 0 aromatic carbocycles. The molecule has 0 unspecified atom stereocenters. The van der Waals surface area contributed by atoms with E-state index in [2.05, 4.69) is 4.98 Å². The molecule has 4 heteroatoms. The van der Waals surface area contributed by atoms with E-state index in [-0.39, 0.29) is 11.8 Å². The minimum Gasteiger partial charge on any atom is -0.494 e. The van der Waals surface area contributed by atoms with E-state index >= 15 is 0 Å². The average molecular weight is 190 g/mol. The van der Waals surface area contributed by atoms with Gasteiger partial charge in [0.25, 0.3) is 0 Å². The standard InChI is InChI=1S/C10H10N2O2/c13-9-1-2-10(14)12(9)7-8-3-5-11-6-4-8/h1-6,13-14H,7H2. The topological polar surface area (TPSA) is 58.3 Å². The van der Waals surface area contributed by atoms with Gasteiger partial charge in [-0.25, -0.2) is 0 Å². The van der Waals surface area contributed by atoms with Gasteiger partial charge in [0, 0.05) is 24.5 Å². The van der Waals surface area contributed by atoms with Crippen LogP contribution in [0.25, 0.3) is 0 Å². The van der Waals surface area contributed by atoms with E-state index < -0.39 is 0 Å². The number of hydrogen-bond acceptors (Lipinski definition) is 3. The molecule has 0 aliphatic carbocycles. The molecule has 14 heavy (non-hydrogen) atoms. The molecule has 2 heterocycles. The van der Waals surface area contributed by atoms with E-state index in [9.17, 15) is 10.2 Å². The molecule has 0 aliphatic heterocycles. The third-order valence-corrected chi connectivity index (χ3v) is 2.02. The van der Waals surface area contributed by atoms with Crippen LogP contribution < -0.4 is 0 Å². The molecule has 0 radical (unpaired) electrons. The van der Waals surface area contributed by atoms with Gasteiger partial charge in [0.15, 0.2) is 11.8 Å². The maximum absolute atomic E-state index is 9.38. The second kappa shape index (κ2) is 3.41. The van der Waals surface area contributed by atoms with E-state index in [4.69, 9.17) is 0 Å². The van der Waals surface area contributed by atoms with Crippen molar-refractivity contribution in [3.8, 4) is 11.8 Å². The van der Waals surface area contributed by atoms with Crippen LogP contribution in [0, 0.1) is 0 Å². The first kappa shape index (κ1) is 8.62.